The maximum Gasteiger partial charge on any atom is 0.144 e. The van der Waals surface area contributed by atoms with E-state index in [1.54, 1.807) is 6.20 Å². The first kappa shape index (κ1) is 12.5. The third-order valence-corrected chi connectivity index (χ3v) is 2.90. The van der Waals surface area contributed by atoms with Gasteiger partial charge in [0.15, 0.2) is 0 Å². The molecular weight excluding hydrogens is 204 g/mol. The van der Waals surface area contributed by atoms with Gasteiger partial charge in [-0.15, -0.1) is 0 Å². The highest BCUT2D eigenvalue weighted by Crippen LogP contribution is 2.22. The zero-order valence-electron chi connectivity index (χ0n) is 10.1. The summed E-state index contributed by atoms with van der Waals surface area (Å²) in [5.74, 6) is 0.282. The molecule has 0 saturated heterocycles. The summed E-state index contributed by atoms with van der Waals surface area (Å²) in [6, 6.07) is 1.98. The van der Waals surface area contributed by atoms with Crippen molar-refractivity contribution >= 4 is 5.84 Å². The molecule has 0 spiro atoms. The van der Waals surface area contributed by atoms with Crippen LogP contribution in [0.25, 0.3) is 0 Å². The second kappa shape index (κ2) is 5.01. The number of amidine groups is 1. The summed E-state index contributed by atoms with van der Waals surface area (Å²) in [6.45, 7) is 6.83. The lowest BCUT2D eigenvalue weighted by molar-refractivity contribution is 0.303. The standard InChI is InChI=1S/C11H20N4O/c1-9-5-7-13-15(9)8-4-6-11(2,3)10(12)14-16/h5,7,16H,4,6,8H2,1-3H3,(H2,12,14). The van der Waals surface area contributed by atoms with Crippen LogP contribution in [-0.4, -0.2) is 20.8 Å². The molecule has 0 atom stereocenters. The first-order chi connectivity index (χ1) is 7.47. The Kier molecular flexibility index (Phi) is 3.93. The Hall–Kier alpha value is -1.52. The van der Waals surface area contributed by atoms with Gasteiger partial charge in [-0.3, -0.25) is 4.68 Å². The Morgan fingerprint density at radius 2 is 2.31 bits per heavy atom. The van der Waals surface area contributed by atoms with E-state index in [1.807, 2.05) is 31.5 Å². The second-order valence-electron chi connectivity index (χ2n) is 4.67. The molecule has 0 aliphatic heterocycles. The topological polar surface area (TPSA) is 76.4 Å². The average molecular weight is 224 g/mol. The SMILES string of the molecule is Cc1ccnn1CCCC(C)(C)C(N)=NO. The molecule has 0 bridgehead atoms. The van der Waals surface area contributed by atoms with Gasteiger partial charge in [-0.05, 0) is 25.8 Å². The first-order valence-corrected chi connectivity index (χ1v) is 5.44. The number of nitrogens with zero attached hydrogens (tertiary/aromatic N) is 3. The van der Waals surface area contributed by atoms with Gasteiger partial charge in [-0.25, -0.2) is 0 Å². The molecule has 0 amide bonds. The van der Waals surface area contributed by atoms with Gasteiger partial charge in [0.1, 0.15) is 5.84 Å². The van der Waals surface area contributed by atoms with E-state index in [4.69, 9.17) is 10.9 Å². The smallest absolute Gasteiger partial charge is 0.144 e. The Morgan fingerprint density at radius 3 is 2.81 bits per heavy atom. The summed E-state index contributed by atoms with van der Waals surface area (Å²) in [7, 11) is 0. The maximum atomic E-state index is 8.64. The van der Waals surface area contributed by atoms with Crippen LogP contribution < -0.4 is 5.73 Å². The molecule has 5 heteroatoms. The normalized spacial score (nSPS) is 13.1. The van der Waals surface area contributed by atoms with E-state index in [0.29, 0.717) is 0 Å². The van der Waals surface area contributed by atoms with Crippen molar-refractivity contribution in [3.8, 4) is 0 Å². The number of aryl methyl sites for hydroxylation is 2. The van der Waals surface area contributed by atoms with Crippen LogP contribution in [0.1, 0.15) is 32.4 Å². The van der Waals surface area contributed by atoms with Crippen molar-refractivity contribution in [1.29, 1.82) is 0 Å². The van der Waals surface area contributed by atoms with Crippen molar-refractivity contribution in [2.45, 2.75) is 40.2 Å². The molecular formula is C11H20N4O. The molecule has 90 valence electrons. The third-order valence-electron chi connectivity index (χ3n) is 2.90. The zero-order chi connectivity index (χ0) is 12.2. The van der Waals surface area contributed by atoms with Crippen LogP contribution in [0.5, 0.6) is 0 Å². The van der Waals surface area contributed by atoms with Crippen molar-refractivity contribution in [2.24, 2.45) is 16.3 Å². The van der Waals surface area contributed by atoms with Crippen molar-refractivity contribution in [1.82, 2.24) is 9.78 Å². The van der Waals surface area contributed by atoms with Crippen LogP contribution in [0.2, 0.25) is 0 Å². The van der Waals surface area contributed by atoms with Gasteiger partial charge in [0.2, 0.25) is 0 Å². The third kappa shape index (κ3) is 2.98. The Balaban J connectivity index is 2.44. The van der Waals surface area contributed by atoms with Gasteiger partial charge in [-0.2, -0.15) is 5.10 Å². The quantitative estimate of drug-likeness (QED) is 0.346. The molecule has 1 rings (SSSR count). The van der Waals surface area contributed by atoms with Crippen LogP contribution in [0.3, 0.4) is 0 Å². The average Bonchev–Trinajstić information content (AvgIpc) is 2.63. The lowest BCUT2D eigenvalue weighted by atomic mass is 9.86. The molecule has 3 N–H and O–H groups in total. The molecule has 0 unspecified atom stereocenters. The van der Waals surface area contributed by atoms with Gasteiger partial charge in [0.25, 0.3) is 0 Å². The molecule has 0 radical (unpaired) electrons. The summed E-state index contributed by atoms with van der Waals surface area (Å²) < 4.78 is 1.96. The van der Waals surface area contributed by atoms with E-state index in [9.17, 15) is 0 Å². The molecule has 1 aromatic heterocycles. The Morgan fingerprint density at radius 1 is 1.62 bits per heavy atom. The molecule has 0 saturated carbocycles. The molecule has 1 heterocycles. The summed E-state index contributed by atoms with van der Waals surface area (Å²) in [5.41, 5.74) is 6.50. The fraction of sp³-hybridized carbons (Fsp3) is 0.636. The van der Waals surface area contributed by atoms with E-state index in [-0.39, 0.29) is 11.3 Å². The minimum absolute atomic E-state index is 0.268. The van der Waals surface area contributed by atoms with Crippen LogP contribution in [0, 0.1) is 12.3 Å². The number of hydrogen-bond acceptors (Lipinski definition) is 3. The molecule has 0 fully saturated rings. The first-order valence-electron chi connectivity index (χ1n) is 5.44. The van der Waals surface area contributed by atoms with Crippen molar-refractivity contribution in [3.05, 3.63) is 18.0 Å². The molecule has 0 aliphatic carbocycles. The number of aromatic nitrogens is 2. The minimum atomic E-state index is -0.268. The fourth-order valence-electron chi connectivity index (χ4n) is 1.57. The summed E-state index contributed by atoms with van der Waals surface area (Å²) in [4.78, 5) is 0. The van der Waals surface area contributed by atoms with Gasteiger partial charge in [0, 0.05) is 23.9 Å². The van der Waals surface area contributed by atoms with Crippen LogP contribution in [0.15, 0.2) is 17.4 Å². The van der Waals surface area contributed by atoms with Gasteiger partial charge >= 0.3 is 0 Å². The maximum absolute atomic E-state index is 8.64. The van der Waals surface area contributed by atoms with E-state index in [1.165, 1.54) is 0 Å². The predicted octanol–water partition coefficient (Wildman–Crippen LogP) is 1.74. The Labute approximate surface area is 95.9 Å². The molecule has 0 aromatic carbocycles. The zero-order valence-corrected chi connectivity index (χ0v) is 10.1. The highest BCUT2D eigenvalue weighted by molar-refractivity contribution is 5.85. The summed E-state index contributed by atoms with van der Waals surface area (Å²) in [6.07, 6.45) is 3.61. The van der Waals surface area contributed by atoms with Crippen molar-refractivity contribution in [2.75, 3.05) is 0 Å². The highest BCUT2D eigenvalue weighted by atomic mass is 16.4. The minimum Gasteiger partial charge on any atom is -0.409 e. The van der Waals surface area contributed by atoms with Crippen LogP contribution in [-0.2, 0) is 6.54 Å². The monoisotopic (exact) mass is 224 g/mol. The number of nitrogens with two attached hydrogens (primary N) is 1. The molecule has 5 nitrogen and oxygen atoms in total. The van der Waals surface area contributed by atoms with Crippen LogP contribution in [0.4, 0.5) is 0 Å². The number of oxime groups is 1. The van der Waals surface area contributed by atoms with Gasteiger partial charge in [-0.1, -0.05) is 19.0 Å². The lowest BCUT2D eigenvalue weighted by Gasteiger charge is -2.22. The number of hydrogen-bond donors (Lipinski definition) is 2. The summed E-state index contributed by atoms with van der Waals surface area (Å²) in [5, 5.41) is 15.9. The summed E-state index contributed by atoms with van der Waals surface area (Å²) >= 11 is 0. The molecule has 1 aromatic rings. The van der Waals surface area contributed by atoms with E-state index in [0.717, 1.165) is 25.1 Å². The molecule has 0 aliphatic rings. The molecule has 16 heavy (non-hydrogen) atoms. The van der Waals surface area contributed by atoms with Crippen molar-refractivity contribution < 1.29 is 5.21 Å². The fourth-order valence-corrected chi connectivity index (χ4v) is 1.57. The van der Waals surface area contributed by atoms with Crippen LogP contribution >= 0.6 is 0 Å². The lowest BCUT2D eigenvalue weighted by Crippen LogP contribution is -2.32. The predicted molar refractivity (Wildman–Crippen MR) is 63.4 cm³/mol. The highest BCUT2D eigenvalue weighted by Gasteiger charge is 2.22. The van der Waals surface area contributed by atoms with E-state index in [2.05, 4.69) is 10.3 Å². The largest absolute Gasteiger partial charge is 0.409 e. The Bertz CT molecular complexity index is 368. The number of rotatable bonds is 5. The van der Waals surface area contributed by atoms with E-state index < -0.39 is 0 Å². The van der Waals surface area contributed by atoms with Gasteiger partial charge in [0.05, 0.1) is 0 Å². The second-order valence-corrected chi connectivity index (χ2v) is 4.67. The van der Waals surface area contributed by atoms with Crippen molar-refractivity contribution in [3.63, 3.8) is 0 Å². The van der Waals surface area contributed by atoms with Gasteiger partial charge < -0.3 is 10.9 Å². The van der Waals surface area contributed by atoms with E-state index >= 15 is 0 Å².